The number of carbonyl (C=O) groups is 1. The van der Waals surface area contributed by atoms with Gasteiger partial charge in [-0.05, 0) is 42.7 Å². The minimum Gasteiger partial charge on any atom is -0.357 e. The van der Waals surface area contributed by atoms with Crippen LogP contribution in [0.5, 0.6) is 0 Å². The molecule has 1 aliphatic rings. The van der Waals surface area contributed by atoms with E-state index < -0.39 is 0 Å². The van der Waals surface area contributed by atoms with Gasteiger partial charge >= 0.3 is 0 Å². The maximum absolute atomic E-state index is 11.7. The molecule has 126 valence electrons. The molecule has 1 amide bonds. The lowest BCUT2D eigenvalue weighted by Crippen LogP contribution is -2.47. The van der Waals surface area contributed by atoms with Crippen molar-refractivity contribution >= 4 is 33.6 Å². The third kappa shape index (κ3) is 3.41. The fourth-order valence-corrected chi connectivity index (χ4v) is 4.18. The van der Waals surface area contributed by atoms with E-state index in [9.17, 15) is 4.79 Å². The maximum Gasteiger partial charge on any atom is 0.244 e. The number of benzene rings is 2. The number of hydrogen-bond acceptors (Lipinski definition) is 3. The summed E-state index contributed by atoms with van der Waals surface area (Å²) in [6.07, 6.45) is 1.02. The molecule has 2 aromatic rings. The average molecular weight is 341 g/mol. The lowest BCUT2D eigenvalue weighted by atomic mass is 9.88. The van der Waals surface area contributed by atoms with Crippen LogP contribution in [0.3, 0.4) is 0 Å². The smallest absolute Gasteiger partial charge is 0.244 e. The van der Waals surface area contributed by atoms with Crippen LogP contribution in [0.25, 0.3) is 10.8 Å². The van der Waals surface area contributed by atoms with Crippen LogP contribution in [0.2, 0.25) is 0 Å². The molecule has 0 radical (unpaired) electrons. The van der Waals surface area contributed by atoms with E-state index in [1.165, 1.54) is 16.3 Å². The first-order valence-electron chi connectivity index (χ1n) is 8.21. The van der Waals surface area contributed by atoms with Crippen molar-refractivity contribution in [3.8, 4) is 0 Å². The normalized spacial score (nSPS) is 23.7. The average Bonchev–Trinajstić information content (AvgIpc) is 2.60. The van der Waals surface area contributed by atoms with Crippen LogP contribution in [0.15, 0.2) is 47.5 Å². The zero-order chi connectivity index (χ0) is 17.2. The largest absolute Gasteiger partial charge is 0.357 e. The van der Waals surface area contributed by atoms with E-state index >= 15 is 0 Å². The predicted octanol–water partition coefficient (Wildman–Crippen LogP) is 3.27. The van der Waals surface area contributed by atoms with Crippen LogP contribution in [-0.4, -0.2) is 29.9 Å². The van der Waals surface area contributed by atoms with E-state index in [2.05, 4.69) is 65.0 Å². The SMILES string of the molecule is CNC(=O)C(C)N=C1NC(C)(c2ccc3ccccc3c2)CCS1. The zero-order valence-corrected chi connectivity index (χ0v) is 15.1. The van der Waals surface area contributed by atoms with Crippen LogP contribution in [0.4, 0.5) is 0 Å². The van der Waals surface area contributed by atoms with Crippen molar-refractivity contribution in [2.45, 2.75) is 31.8 Å². The third-order valence-electron chi connectivity index (χ3n) is 4.55. The fraction of sp³-hybridized carbons (Fsp3) is 0.368. The van der Waals surface area contributed by atoms with Gasteiger partial charge in [0.2, 0.25) is 5.91 Å². The molecular formula is C19H23N3OS. The molecule has 1 heterocycles. The Morgan fingerprint density at radius 3 is 2.79 bits per heavy atom. The van der Waals surface area contributed by atoms with Crippen LogP contribution in [-0.2, 0) is 10.3 Å². The summed E-state index contributed by atoms with van der Waals surface area (Å²) in [6.45, 7) is 4.02. The Kier molecular flexibility index (Phi) is 4.81. The van der Waals surface area contributed by atoms with E-state index in [0.717, 1.165) is 17.3 Å². The Bertz CT molecular complexity index is 789. The van der Waals surface area contributed by atoms with Gasteiger partial charge in [-0.2, -0.15) is 0 Å². The molecule has 0 spiro atoms. The summed E-state index contributed by atoms with van der Waals surface area (Å²) >= 11 is 1.68. The van der Waals surface area contributed by atoms with E-state index in [0.29, 0.717) is 0 Å². The molecule has 0 aromatic heterocycles. The number of thioether (sulfide) groups is 1. The minimum atomic E-state index is -0.385. The van der Waals surface area contributed by atoms with Gasteiger partial charge in [-0.1, -0.05) is 48.2 Å². The number of nitrogens with zero attached hydrogens (tertiary/aromatic N) is 1. The number of carbonyl (C=O) groups excluding carboxylic acids is 1. The molecule has 2 unspecified atom stereocenters. The van der Waals surface area contributed by atoms with Crippen molar-refractivity contribution in [3.63, 3.8) is 0 Å². The zero-order valence-electron chi connectivity index (χ0n) is 14.3. The summed E-state index contributed by atoms with van der Waals surface area (Å²) in [7, 11) is 1.64. The molecule has 1 saturated heterocycles. The summed E-state index contributed by atoms with van der Waals surface area (Å²) in [5.74, 6) is 0.915. The van der Waals surface area contributed by atoms with Gasteiger partial charge < -0.3 is 10.6 Å². The minimum absolute atomic E-state index is 0.0668. The first kappa shape index (κ1) is 16.8. The lowest BCUT2D eigenvalue weighted by molar-refractivity contribution is -0.121. The van der Waals surface area contributed by atoms with Crippen molar-refractivity contribution in [2.24, 2.45) is 4.99 Å². The number of hydrogen-bond donors (Lipinski definition) is 2. The Morgan fingerprint density at radius 2 is 2.04 bits per heavy atom. The lowest BCUT2D eigenvalue weighted by Gasteiger charge is -2.37. The second-order valence-corrected chi connectivity index (χ2v) is 7.43. The van der Waals surface area contributed by atoms with Gasteiger partial charge in [0.1, 0.15) is 6.04 Å². The second kappa shape index (κ2) is 6.85. The van der Waals surface area contributed by atoms with Crippen molar-refractivity contribution < 1.29 is 4.79 Å². The number of rotatable bonds is 3. The van der Waals surface area contributed by atoms with Crippen LogP contribution >= 0.6 is 11.8 Å². The number of amidine groups is 1. The van der Waals surface area contributed by atoms with Crippen molar-refractivity contribution in [1.82, 2.24) is 10.6 Å². The fourth-order valence-electron chi connectivity index (χ4n) is 2.95. The molecule has 2 atom stereocenters. The number of nitrogens with one attached hydrogen (secondary N) is 2. The Hall–Kier alpha value is -2.01. The number of fused-ring (bicyclic) bond motifs is 1. The maximum atomic E-state index is 11.7. The summed E-state index contributed by atoms with van der Waals surface area (Å²) < 4.78 is 0. The monoisotopic (exact) mass is 341 g/mol. The molecule has 0 saturated carbocycles. The summed E-state index contributed by atoms with van der Waals surface area (Å²) in [5.41, 5.74) is 1.08. The quantitative estimate of drug-likeness (QED) is 0.901. The Balaban J connectivity index is 1.88. The van der Waals surface area contributed by atoms with Gasteiger partial charge in [-0.15, -0.1) is 0 Å². The number of amides is 1. The van der Waals surface area contributed by atoms with Gasteiger partial charge in [-0.25, -0.2) is 4.99 Å². The highest BCUT2D eigenvalue weighted by Gasteiger charge is 2.32. The Morgan fingerprint density at radius 1 is 1.29 bits per heavy atom. The van der Waals surface area contributed by atoms with Crippen LogP contribution in [0.1, 0.15) is 25.8 Å². The van der Waals surface area contributed by atoms with E-state index in [1.807, 2.05) is 6.92 Å². The molecule has 1 aliphatic heterocycles. The van der Waals surface area contributed by atoms with Gasteiger partial charge in [0.15, 0.2) is 5.17 Å². The topological polar surface area (TPSA) is 53.5 Å². The third-order valence-corrected chi connectivity index (χ3v) is 5.44. The van der Waals surface area contributed by atoms with E-state index in [1.54, 1.807) is 18.8 Å². The van der Waals surface area contributed by atoms with Gasteiger partial charge in [-0.3, -0.25) is 4.79 Å². The first-order valence-corrected chi connectivity index (χ1v) is 9.20. The van der Waals surface area contributed by atoms with Crippen molar-refractivity contribution in [2.75, 3.05) is 12.8 Å². The van der Waals surface area contributed by atoms with E-state index in [4.69, 9.17) is 0 Å². The summed E-state index contributed by atoms with van der Waals surface area (Å²) in [4.78, 5) is 16.3. The molecule has 0 bridgehead atoms. The molecule has 3 rings (SSSR count). The highest BCUT2D eigenvalue weighted by molar-refractivity contribution is 8.13. The first-order chi connectivity index (χ1) is 11.5. The molecular weight excluding hydrogens is 318 g/mol. The standard InChI is InChI=1S/C19H23N3OS/c1-13(17(23)20-3)21-18-22-19(2,10-11-24-18)16-9-8-14-6-4-5-7-15(14)12-16/h4-9,12-13H,10-11H2,1-3H3,(H,20,23)(H,21,22). The number of aliphatic imine (C=N–C) groups is 1. The molecule has 2 N–H and O–H groups in total. The van der Waals surface area contributed by atoms with Crippen LogP contribution in [0, 0.1) is 0 Å². The second-order valence-electron chi connectivity index (χ2n) is 6.34. The van der Waals surface area contributed by atoms with Crippen molar-refractivity contribution in [1.29, 1.82) is 0 Å². The molecule has 0 aliphatic carbocycles. The summed E-state index contributed by atoms with van der Waals surface area (Å²) in [6, 6.07) is 14.6. The van der Waals surface area contributed by atoms with Gasteiger partial charge in [0, 0.05) is 12.8 Å². The van der Waals surface area contributed by atoms with Crippen molar-refractivity contribution in [3.05, 3.63) is 48.0 Å². The molecule has 2 aromatic carbocycles. The highest BCUT2D eigenvalue weighted by Crippen LogP contribution is 2.33. The van der Waals surface area contributed by atoms with Crippen LogP contribution < -0.4 is 10.6 Å². The molecule has 5 heteroatoms. The predicted molar refractivity (Wildman–Crippen MR) is 102 cm³/mol. The van der Waals surface area contributed by atoms with E-state index in [-0.39, 0.29) is 17.5 Å². The Labute approximate surface area is 147 Å². The molecule has 4 nitrogen and oxygen atoms in total. The number of likely N-dealkylation sites (N-methyl/N-ethyl adjacent to an activating group) is 1. The van der Waals surface area contributed by atoms with Gasteiger partial charge in [0.05, 0.1) is 5.54 Å². The molecule has 24 heavy (non-hydrogen) atoms. The summed E-state index contributed by atoms with van der Waals surface area (Å²) in [5, 5.41) is 9.53. The van der Waals surface area contributed by atoms with Gasteiger partial charge in [0.25, 0.3) is 0 Å². The molecule has 1 fully saturated rings. The highest BCUT2D eigenvalue weighted by atomic mass is 32.2.